The number of amides is 2. The van der Waals surface area contributed by atoms with E-state index in [1.165, 1.54) is 30.3 Å². The molecule has 12 nitrogen and oxygen atoms in total. The fourth-order valence-corrected chi connectivity index (χ4v) is 3.59. The minimum Gasteiger partial charge on any atom is -0.464 e. The van der Waals surface area contributed by atoms with Gasteiger partial charge in [-0.15, -0.1) is 0 Å². The van der Waals surface area contributed by atoms with Gasteiger partial charge >= 0.3 is 12.2 Å². The fourth-order valence-electron chi connectivity index (χ4n) is 2.63. The summed E-state index contributed by atoms with van der Waals surface area (Å²) in [5, 5.41) is 19.5. The van der Waals surface area contributed by atoms with E-state index in [0.29, 0.717) is 0 Å². The first-order valence-corrected chi connectivity index (χ1v) is 13.7. The summed E-state index contributed by atoms with van der Waals surface area (Å²) in [5.41, 5.74) is 4.73. The van der Waals surface area contributed by atoms with Crippen molar-refractivity contribution in [3.8, 4) is 5.75 Å². The standard InChI is InChI=1S/C23H29N3O9Si/c1-23(2,3)36(4,5)34-13-15-6-11-19(20(27)24-25-21(28)29)16(12-15)14-33-22(30)35-18-9-7-17(8-10-18)26(31)32/h6-12,25H,13-14H2,1-5H3,(H,24,27)(H,28,29). The molecule has 0 aliphatic heterocycles. The zero-order valence-corrected chi connectivity index (χ0v) is 21.6. The number of hydrogen-bond acceptors (Lipinski definition) is 8. The molecule has 3 N–H and O–H groups in total. The molecule has 0 aliphatic rings. The number of nitro benzene ring substituents is 1. The SMILES string of the molecule is CC(C)(C)[Si](C)(C)OCc1ccc(C(=O)NNC(=O)O)c(COC(=O)Oc2ccc([N+](=O)[O-])cc2)c1. The fraction of sp³-hybridized carbons (Fsp3) is 0.348. The van der Waals surface area contributed by atoms with Crippen LogP contribution in [0.5, 0.6) is 5.75 Å². The number of hydrazine groups is 1. The number of nitro groups is 1. The summed E-state index contributed by atoms with van der Waals surface area (Å²) in [6, 6.07) is 9.61. The maximum atomic E-state index is 12.5. The van der Waals surface area contributed by atoms with Crippen LogP contribution in [0.3, 0.4) is 0 Å². The Kier molecular flexibility index (Phi) is 9.14. The molecule has 2 amide bonds. The van der Waals surface area contributed by atoms with E-state index in [9.17, 15) is 24.5 Å². The summed E-state index contributed by atoms with van der Waals surface area (Å²) in [6.45, 7) is 10.4. The summed E-state index contributed by atoms with van der Waals surface area (Å²) in [6.07, 6.45) is -2.55. The summed E-state index contributed by atoms with van der Waals surface area (Å²) >= 11 is 0. The molecule has 0 atom stereocenters. The van der Waals surface area contributed by atoms with Crippen LogP contribution in [0.4, 0.5) is 15.3 Å². The Morgan fingerprint density at radius 1 is 1.03 bits per heavy atom. The second kappa shape index (κ2) is 11.6. The van der Waals surface area contributed by atoms with Crippen molar-refractivity contribution >= 4 is 32.2 Å². The summed E-state index contributed by atoms with van der Waals surface area (Å²) in [5.74, 6) is -0.720. The van der Waals surface area contributed by atoms with Crippen LogP contribution in [0, 0.1) is 10.1 Å². The second-order valence-electron chi connectivity index (χ2n) is 9.32. The molecule has 13 heteroatoms. The molecule has 2 aromatic carbocycles. The van der Waals surface area contributed by atoms with Crippen molar-refractivity contribution in [2.75, 3.05) is 0 Å². The Balaban J connectivity index is 2.17. The quantitative estimate of drug-likeness (QED) is 0.147. The van der Waals surface area contributed by atoms with Crippen molar-refractivity contribution in [1.82, 2.24) is 10.9 Å². The third-order valence-corrected chi connectivity index (χ3v) is 10.2. The topological polar surface area (TPSA) is 166 Å². The van der Waals surface area contributed by atoms with Crippen molar-refractivity contribution in [2.45, 2.75) is 52.1 Å². The molecular weight excluding hydrogens is 490 g/mol. The van der Waals surface area contributed by atoms with Crippen LogP contribution in [-0.4, -0.2) is 36.5 Å². The van der Waals surface area contributed by atoms with Gasteiger partial charge in [0, 0.05) is 23.3 Å². The number of ether oxygens (including phenoxy) is 2. The molecule has 0 spiro atoms. The normalized spacial score (nSPS) is 11.4. The van der Waals surface area contributed by atoms with Gasteiger partial charge in [-0.2, -0.15) is 0 Å². The maximum absolute atomic E-state index is 12.5. The lowest BCUT2D eigenvalue weighted by Crippen LogP contribution is -2.41. The second-order valence-corrected chi connectivity index (χ2v) is 14.1. The van der Waals surface area contributed by atoms with Crippen LogP contribution in [-0.2, 0) is 22.4 Å². The minimum absolute atomic E-state index is 0.0110. The summed E-state index contributed by atoms with van der Waals surface area (Å²) in [4.78, 5) is 45.5. The van der Waals surface area contributed by atoms with Gasteiger partial charge in [-0.05, 0) is 48.0 Å². The molecule has 0 saturated carbocycles. The van der Waals surface area contributed by atoms with E-state index < -0.39 is 31.4 Å². The first kappa shape index (κ1) is 28.3. The minimum atomic E-state index is -2.06. The van der Waals surface area contributed by atoms with Crippen LogP contribution in [0.15, 0.2) is 42.5 Å². The summed E-state index contributed by atoms with van der Waals surface area (Å²) in [7, 11) is -2.06. The number of carbonyl (C=O) groups excluding carboxylic acids is 2. The Morgan fingerprint density at radius 2 is 1.67 bits per heavy atom. The van der Waals surface area contributed by atoms with Crippen molar-refractivity contribution in [3.63, 3.8) is 0 Å². The monoisotopic (exact) mass is 519 g/mol. The third kappa shape index (κ3) is 8.06. The van der Waals surface area contributed by atoms with Gasteiger partial charge in [0.05, 0.1) is 11.5 Å². The van der Waals surface area contributed by atoms with Gasteiger partial charge in [-0.3, -0.25) is 20.3 Å². The molecule has 0 aromatic heterocycles. The largest absolute Gasteiger partial charge is 0.514 e. The maximum Gasteiger partial charge on any atom is 0.514 e. The molecule has 2 aromatic rings. The lowest BCUT2D eigenvalue weighted by molar-refractivity contribution is -0.384. The van der Waals surface area contributed by atoms with E-state index in [-0.39, 0.29) is 40.8 Å². The number of benzene rings is 2. The number of nitrogens with zero attached hydrogens (tertiary/aromatic N) is 1. The van der Waals surface area contributed by atoms with Crippen molar-refractivity contribution in [2.24, 2.45) is 0 Å². The van der Waals surface area contributed by atoms with Gasteiger partial charge in [0.15, 0.2) is 8.32 Å². The highest BCUT2D eigenvalue weighted by Crippen LogP contribution is 2.37. The molecule has 0 saturated heterocycles. The lowest BCUT2D eigenvalue weighted by atomic mass is 10.0. The Labute approximate surface area is 208 Å². The number of carbonyl (C=O) groups is 3. The van der Waals surface area contributed by atoms with Crippen LogP contribution in [0.25, 0.3) is 0 Å². The molecule has 2 rings (SSSR count). The van der Waals surface area contributed by atoms with Gasteiger partial charge in [-0.1, -0.05) is 26.8 Å². The van der Waals surface area contributed by atoms with Gasteiger partial charge in [0.25, 0.3) is 11.6 Å². The average Bonchev–Trinajstić information content (AvgIpc) is 2.79. The van der Waals surface area contributed by atoms with Gasteiger partial charge in [-0.25, -0.2) is 15.0 Å². The average molecular weight is 520 g/mol. The highest BCUT2D eigenvalue weighted by Gasteiger charge is 2.37. The van der Waals surface area contributed by atoms with Gasteiger partial charge in [0.1, 0.15) is 12.4 Å². The van der Waals surface area contributed by atoms with Crippen LogP contribution < -0.4 is 15.6 Å². The van der Waals surface area contributed by atoms with Crippen molar-refractivity contribution in [3.05, 3.63) is 69.3 Å². The van der Waals surface area contributed by atoms with Crippen molar-refractivity contribution in [1.29, 1.82) is 0 Å². The zero-order chi connectivity index (χ0) is 27.1. The number of hydrogen-bond donors (Lipinski definition) is 3. The zero-order valence-electron chi connectivity index (χ0n) is 20.6. The lowest BCUT2D eigenvalue weighted by Gasteiger charge is -2.36. The van der Waals surface area contributed by atoms with Gasteiger partial charge < -0.3 is 19.0 Å². The molecule has 0 aliphatic carbocycles. The third-order valence-electron chi connectivity index (χ3n) is 5.70. The van der Waals surface area contributed by atoms with E-state index in [1.54, 1.807) is 17.6 Å². The van der Waals surface area contributed by atoms with E-state index >= 15 is 0 Å². The Bertz CT molecular complexity index is 1130. The number of non-ortho nitro benzene ring substituents is 1. The van der Waals surface area contributed by atoms with Crippen molar-refractivity contribution < 1.29 is 38.3 Å². The molecule has 0 heterocycles. The number of carboxylic acid groups (broad SMARTS) is 1. The number of nitrogens with one attached hydrogen (secondary N) is 2. The van der Waals surface area contributed by atoms with E-state index in [0.717, 1.165) is 5.56 Å². The first-order chi connectivity index (χ1) is 16.7. The predicted molar refractivity (Wildman–Crippen MR) is 131 cm³/mol. The van der Waals surface area contributed by atoms with Crippen LogP contribution in [0.1, 0.15) is 42.3 Å². The molecule has 194 valence electrons. The highest BCUT2D eigenvalue weighted by atomic mass is 28.4. The van der Waals surface area contributed by atoms with Crippen LogP contribution in [0.2, 0.25) is 18.1 Å². The van der Waals surface area contributed by atoms with Gasteiger partial charge in [0.2, 0.25) is 0 Å². The smallest absolute Gasteiger partial charge is 0.464 e. The molecule has 0 unspecified atom stereocenters. The van der Waals surface area contributed by atoms with E-state index in [2.05, 4.69) is 33.9 Å². The molecule has 36 heavy (non-hydrogen) atoms. The number of rotatable bonds is 8. The van der Waals surface area contributed by atoms with Crippen LogP contribution >= 0.6 is 0 Å². The predicted octanol–water partition coefficient (Wildman–Crippen LogP) is 4.74. The molecular formula is C23H29N3O9Si. The molecule has 0 fully saturated rings. The molecule has 0 radical (unpaired) electrons. The Morgan fingerprint density at radius 3 is 2.22 bits per heavy atom. The summed E-state index contributed by atoms with van der Waals surface area (Å²) < 4.78 is 16.4. The van der Waals surface area contributed by atoms with E-state index in [1.807, 2.05) is 5.43 Å². The molecule has 0 bridgehead atoms. The first-order valence-electron chi connectivity index (χ1n) is 10.8. The van der Waals surface area contributed by atoms with E-state index in [4.69, 9.17) is 19.0 Å². The highest BCUT2D eigenvalue weighted by molar-refractivity contribution is 6.74. The Hall–Kier alpha value is -3.97.